The Labute approximate surface area is 193 Å². The van der Waals surface area contributed by atoms with Crippen molar-refractivity contribution in [3.63, 3.8) is 0 Å². The molecule has 0 aliphatic carbocycles. The summed E-state index contributed by atoms with van der Waals surface area (Å²) in [5.74, 6) is -0.200. The van der Waals surface area contributed by atoms with E-state index in [0.717, 1.165) is 4.47 Å². The van der Waals surface area contributed by atoms with E-state index in [1.54, 1.807) is 66.7 Å². The molecule has 0 unspecified atom stereocenters. The largest absolute Gasteiger partial charge is 0.490 e. The fourth-order valence-electron chi connectivity index (χ4n) is 2.53. The Balaban J connectivity index is 1.69. The predicted octanol–water partition coefficient (Wildman–Crippen LogP) is 5.48. The minimum atomic E-state index is -0.527. The molecule has 0 fully saturated rings. The van der Waals surface area contributed by atoms with E-state index < -0.39 is 5.97 Å². The van der Waals surface area contributed by atoms with E-state index in [-0.39, 0.29) is 11.7 Å². The molecule has 0 saturated carbocycles. The summed E-state index contributed by atoms with van der Waals surface area (Å²) in [6.45, 7) is 2.20. The number of hydrogen-bond acceptors (Lipinski definition) is 5. The quantitative estimate of drug-likeness (QED) is 0.201. The Morgan fingerprint density at radius 2 is 1.68 bits per heavy atom. The first-order chi connectivity index (χ1) is 15.0. The summed E-state index contributed by atoms with van der Waals surface area (Å²) in [6, 6.07) is 18.3. The number of ether oxygens (including phenoxy) is 2. The van der Waals surface area contributed by atoms with Gasteiger partial charge in [0.1, 0.15) is 0 Å². The molecule has 3 aromatic rings. The smallest absolute Gasteiger partial charge is 0.343 e. The zero-order chi connectivity index (χ0) is 22.2. The van der Waals surface area contributed by atoms with E-state index in [4.69, 9.17) is 21.1 Å². The number of halogens is 2. The molecule has 0 radical (unpaired) electrons. The van der Waals surface area contributed by atoms with Gasteiger partial charge in [0.05, 0.1) is 18.4 Å². The lowest BCUT2D eigenvalue weighted by atomic mass is 10.2. The standard InChI is InChI=1S/C23H18BrClN2O4/c1-2-30-21-13-15(14-26-27-22(28)16-4-8-18(24)9-5-16)3-12-20(21)31-23(29)17-6-10-19(25)11-7-17/h3-14H,2H2,1H3,(H,27,28)/b26-14-. The van der Waals surface area contributed by atoms with Crippen LogP contribution in [-0.2, 0) is 0 Å². The van der Waals surface area contributed by atoms with Crippen LogP contribution in [0.4, 0.5) is 0 Å². The predicted molar refractivity (Wildman–Crippen MR) is 123 cm³/mol. The van der Waals surface area contributed by atoms with Crippen LogP contribution in [-0.4, -0.2) is 24.7 Å². The van der Waals surface area contributed by atoms with Crippen LogP contribution >= 0.6 is 27.5 Å². The molecule has 1 N–H and O–H groups in total. The molecule has 0 atom stereocenters. The SMILES string of the molecule is CCOc1cc(/C=N\NC(=O)c2ccc(Br)cc2)ccc1OC(=O)c1ccc(Cl)cc1. The topological polar surface area (TPSA) is 77.0 Å². The normalized spacial score (nSPS) is 10.7. The molecule has 3 aromatic carbocycles. The monoisotopic (exact) mass is 500 g/mol. The Hall–Kier alpha value is -3.16. The van der Waals surface area contributed by atoms with Crippen molar-refractivity contribution in [3.05, 3.63) is 92.9 Å². The average Bonchev–Trinajstić information content (AvgIpc) is 2.76. The number of amides is 1. The summed E-state index contributed by atoms with van der Waals surface area (Å²) in [4.78, 5) is 24.5. The van der Waals surface area contributed by atoms with Crippen molar-refractivity contribution in [3.8, 4) is 11.5 Å². The Kier molecular flexibility index (Phi) is 7.81. The van der Waals surface area contributed by atoms with E-state index in [1.165, 1.54) is 6.21 Å². The van der Waals surface area contributed by atoms with Crippen molar-refractivity contribution in [1.82, 2.24) is 5.43 Å². The number of nitrogens with zero attached hydrogens (tertiary/aromatic N) is 1. The van der Waals surface area contributed by atoms with Gasteiger partial charge in [-0.2, -0.15) is 5.10 Å². The van der Waals surface area contributed by atoms with Crippen LogP contribution in [0.25, 0.3) is 0 Å². The summed E-state index contributed by atoms with van der Waals surface area (Å²) >= 11 is 9.17. The molecule has 158 valence electrons. The van der Waals surface area contributed by atoms with Crippen LogP contribution in [0.15, 0.2) is 76.3 Å². The summed E-state index contributed by atoms with van der Waals surface area (Å²) in [5.41, 5.74) is 3.98. The maximum atomic E-state index is 12.4. The van der Waals surface area contributed by atoms with Crippen molar-refractivity contribution < 1.29 is 19.1 Å². The van der Waals surface area contributed by atoms with Crippen LogP contribution in [0.5, 0.6) is 11.5 Å². The number of carbonyl (C=O) groups excluding carboxylic acids is 2. The van der Waals surface area contributed by atoms with Gasteiger partial charge in [-0.05, 0) is 79.2 Å². The first-order valence-electron chi connectivity index (χ1n) is 9.30. The molecule has 0 bridgehead atoms. The highest BCUT2D eigenvalue weighted by molar-refractivity contribution is 9.10. The van der Waals surface area contributed by atoms with Crippen molar-refractivity contribution in [2.75, 3.05) is 6.61 Å². The number of esters is 1. The van der Waals surface area contributed by atoms with Crippen molar-refractivity contribution >= 4 is 45.6 Å². The lowest BCUT2D eigenvalue weighted by Gasteiger charge is -2.11. The second kappa shape index (κ2) is 10.7. The second-order valence-electron chi connectivity index (χ2n) is 6.24. The van der Waals surface area contributed by atoms with E-state index in [9.17, 15) is 9.59 Å². The van der Waals surface area contributed by atoms with Crippen LogP contribution in [0.1, 0.15) is 33.2 Å². The van der Waals surface area contributed by atoms with Gasteiger partial charge in [0, 0.05) is 15.1 Å². The van der Waals surface area contributed by atoms with Gasteiger partial charge in [-0.15, -0.1) is 0 Å². The lowest BCUT2D eigenvalue weighted by molar-refractivity contribution is 0.0728. The van der Waals surface area contributed by atoms with Gasteiger partial charge < -0.3 is 9.47 Å². The number of carbonyl (C=O) groups is 2. The molecular weight excluding hydrogens is 484 g/mol. The summed E-state index contributed by atoms with van der Waals surface area (Å²) in [6.07, 6.45) is 1.48. The maximum Gasteiger partial charge on any atom is 0.343 e. The molecule has 0 saturated heterocycles. The van der Waals surface area contributed by atoms with Gasteiger partial charge in [0.25, 0.3) is 5.91 Å². The molecule has 0 spiro atoms. The van der Waals surface area contributed by atoms with E-state index in [2.05, 4.69) is 26.5 Å². The summed E-state index contributed by atoms with van der Waals surface area (Å²) in [5, 5.41) is 4.51. The highest BCUT2D eigenvalue weighted by atomic mass is 79.9. The molecular formula is C23H18BrClN2O4. The third-order valence-electron chi connectivity index (χ3n) is 4.04. The van der Waals surface area contributed by atoms with Crippen LogP contribution < -0.4 is 14.9 Å². The zero-order valence-electron chi connectivity index (χ0n) is 16.5. The molecule has 0 aliphatic heterocycles. The first-order valence-corrected chi connectivity index (χ1v) is 10.5. The number of benzene rings is 3. The van der Waals surface area contributed by atoms with Crippen LogP contribution in [0.3, 0.4) is 0 Å². The number of rotatable bonds is 7. The highest BCUT2D eigenvalue weighted by Gasteiger charge is 2.13. The van der Waals surface area contributed by atoms with Gasteiger partial charge in [-0.1, -0.05) is 27.5 Å². The summed E-state index contributed by atoms with van der Waals surface area (Å²) < 4.78 is 11.9. The zero-order valence-corrected chi connectivity index (χ0v) is 18.8. The Morgan fingerprint density at radius 3 is 2.35 bits per heavy atom. The molecule has 1 amide bonds. The van der Waals surface area contributed by atoms with E-state index >= 15 is 0 Å². The summed E-state index contributed by atoms with van der Waals surface area (Å²) in [7, 11) is 0. The molecule has 0 aromatic heterocycles. The fraction of sp³-hybridized carbons (Fsp3) is 0.0870. The van der Waals surface area contributed by atoms with Crippen molar-refractivity contribution in [2.45, 2.75) is 6.92 Å². The molecule has 8 heteroatoms. The maximum absolute atomic E-state index is 12.4. The van der Waals surface area contributed by atoms with Gasteiger partial charge in [-0.25, -0.2) is 10.2 Å². The van der Waals surface area contributed by atoms with E-state index in [0.29, 0.717) is 34.1 Å². The minimum Gasteiger partial charge on any atom is -0.490 e. The lowest BCUT2D eigenvalue weighted by Crippen LogP contribution is -2.17. The number of hydrogen-bond donors (Lipinski definition) is 1. The molecule has 31 heavy (non-hydrogen) atoms. The molecule has 6 nitrogen and oxygen atoms in total. The molecule has 0 aliphatic rings. The van der Waals surface area contributed by atoms with Gasteiger partial charge >= 0.3 is 5.97 Å². The number of nitrogens with one attached hydrogen (secondary N) is 1. The fourth-order valence-corrected chi connectivity index (χ4v) is 2.92. The molecule has 0 heterocycles. The highest BCUT2D eigenvalue weighted by Crippen LogP contribution is 2.29. The van der Waals surface area contributed by atoms with Crippen molar-refractivity contribution in [2.24, 2.45) is 5.10 Å². The van der Waals surface area contributed by atoms with Crippen molar-refractivity contribution in [1.29, 1.82) is 0 Å². The average molecular weight is 502 g/mol. The second-order valence-corrected chi connectivity index (χ2v) is 7.59. The number of hydrazone groups is 1. The van der Waals surface area contributed by atoms with E-state index in [1.807, 2.05) is 6.92 Å². The van der Waals surface area contributed by atoms with Crippen LogP contribution in [0, 0.1) is 0 Å². The third kappa shape index (κ3) is 6.41. The minimum absolute atomic E-state index is 0.276. The van der Waals surface area contributed by atoms with Gasteiger partial charge in [0.2, 0.25) is 0 Å². The third-order valence-corrected chi connectivity index (χ3v) is 4.82. The first kappa shape index (κ1) is 22.5. The molecule has 3 rings (SSSR count). The Bertz CT molecular complexity index is 1100. The van der Waals surface area contributed by atoms with Crippen LogP contribution in [0.2, 0.25) is 5.02 Å². The van der Waals surface area contributed by atoms with Gasteiger partial charge in [-0.3, -0.25) is 4.79 Å². The van der Waals surface area contributed by atoms with Gasteiger partial charge in [0.15, 0.2) is 11.5 Å². The Morgan fingerprint density at radius 1 is 1.00 bits per heavy atom.